The summed E-state index contributed by atoms with van der Waals surface area (Å²) in [6.45, 7) is 3.79. The van der Waals surface area contributed by atoms with Gasteiger partial charge in [0.1, 0.15) is 0 Å². The van der Waals surface area contributed by atoms with Crippen molar-refractivity contribution in [1.29, 1.82) is 0 Å². The fourth-order valence-corrected chi connectivity index (χ4v) is 1.71. The molecular formula is C16H29NO3. The summed E-state index contributed by atoms with van der Waals surface area (Å²) in [5.41, 5.74) is 0. The molecule has 1 amide bonds. The van der Waals surface area contributed by atoms with Gasteiger partial charge in [0, 0.05) is 6.42 Å². The monoisotopic (exact) mass is 283 g/mol. The first kappa shape index (κ1) is 18.9. The molecule has 4 heteroatoms. The highest BCUT2D eigenvalue weighted by Gasteiger charge is 2.17. The molecule has 0 aliphatic rings. The smallest absolute Gasteiger partial charge is 0.220 e. The second kappa shape index (κ2) is 12.9. The molecule has 2 atom stereocenters. The highest BCUT2D eigenvalue weighted by Crippen LogP contribution is 2.01. The molecule has 0 aliphatic heterocycles. The van der Waals surface area contributed by atoms with Crippen molar-refractivity contribution in [3.8, 4) is 0 Å². The molecular weight excluding hydrogens is 254 g/mol. The predicted octanol–water partition coefficient (Wildman–Crippen LogP) is 2.32. The Hall–Kier alpha value is -1.13. The number of nitrogens with one attached hydrogen (secondary N) is 1. The summed E-state index contributed by atoms with van der Waals surface area (Å²) < 4.78 is 0. The average molecular weight is 283 g/mol. The molecule has 0 radical (unpaired) electrons. The Morgan fingerprint density at radius 3 is 2.35 bits per heavy atom. The Balaban J connectivity index is 4.01. The molecule has 0 saturated carbocycles. The molecule has 116 valence electrons. The molecule has 0 aliphatic carbocycles. The average Bonchev–Trinajstić information content (AvgIpc) is 2.43. The van der Waals surface area contributed by atoms with Crippen molar-refractivity contribution >= 4 is 5.91 Å². The van der Waals surface area contributed by atoms with E-state index in [-0.39, 0.29) is 12.5 Å². The topological polar surface area (TPSA) is 69.6 Å². The first-order chi connectivity index (χ1) is 9.65. The van der Waals surface area contributed by atoms with E-state index in [1.54, 1.807) is 6.08 Å². The first-order valence-corrected chi connectivity index (χ1v) is 7.55. The van der Waals surface area contributed by atoms with E-state index >= 15 is 0 Å². The molecule has 4 nitrogen and oxygen atoms in total. The summed E-state index contributed by atoms with van der Waals surface area (Å²) in [6, 6.07) is -0.624. The first-order valence-electron chi connectivity index (χ1n) is 7.55. The van der Waals surface area contributed by atoms with Gasteiger partial charge >= 0.3 is 0 Å². The molecule has 0 aromatic rings. The summed E-state index contributed by atoms with van der Waals surface area (Å²) in [7, 11) is 0. The van der Waals surface area contributed by atoms with E-state index in [0.29, 0.717) is 6.42 Å². The number of rotatable bonds is 11. The maximum atomic E-state index is 11.4. The fourth-order valence-electron chi connectivity index (χ4n) is 1.71. The standard InChI is InChI=1S/C16H29NO3/c1-3-5-6-7-8-9-10-12-15(19)14(13-18)17-16(20)11-4-2/h6-7,10,12,14-15,18-19H,3-5,8-9,11,13H2,1-2H3,(H,17,20)/b7-6+,12-10+. The van der Waals surface area contributed by atoms with Gasteiger partial charge in [-0.05, 0) is 25.7 Å². The Morgan fingerprint density at radius 2 is 1.75 bits per heavy atom. The van der Waals surface area contributed by atoms with Crippen LogP contribution in [0.1, 0.15) is 52.4 Å². The van der Waals surface area contributed by atoms with E-state index in [1.165, 1.54) is 0 Å². The highest BCUT2D eigenvalue weighted by molar-refractivity contribution is 5.76. The van der Waals surface area contributed by atoms with Crippen LogP contribution in [-0.2, 0) is 4.79 Å². The third kappa shape index (κ3) is 9.75. The van der Waals surface area contributed by atoms with Gasteiger partial charge < -0.3 is 15.5 Å². The zero-order chi connectivity index (χ0) is 15.2. The molecule has 0 aromatic heterocycles. The Bertz CT molecular complexity index is 300. The maximum absolute atomic E-state index is 11.4. The number of carbonyl (C=O) groups excluding carboxylic acids is 1. The van der Waals surface area contributed by atoms with Crippen molar-refractivity contribution in [3.05, 3.63) is 24.3 Å². The van der Waals surface area contributed by atoms with Crippen molar-refractivity contribution in [2.24, 2.45) is 0 Å². The highest BCUT2D eigenvalue weighted by atomic mass is 16.3. The summed E-state index contributed by atoms with van der Waals surface area (Å²) in [6.07, 6.45) is 12.2. The Morgan fingerprint density at radius 1 is 1.10 bits per heavy atom. The number of hydrogen-bond donors (Lipinski definition) is 3. The van der Waals surface area contributed by atoms with Gasteiger partial charge in [0.05, 0.1) is 18.8 Å². The van der Waals surface area contributed by atoms with Crippen LogP contribution in [-0.4, -0.2) is 34.9 Å². The van der Waals surface area contributed by atoms with E-state index in [0.717, 1.165) is 32.1 Å². The van der Waals surface area contributed by atoms with Crippen LogP contribution in [0.2, 0.25) is 0 Å². The zero-order valence-electron chi connectivity index (χ0n) is 12.7. The van der Waals surface area contributed by atoms with Crippen LogP contribution in [0.4, 0.5) is 0 Å². The molecule has 20 heavy (non-hydrogen) atoms. The minimum absolute atomic E-state index is 0.138. The lowest BCUT2D eigenvalue weighted by Crippen LogP contribution is -2.45. The lowest BCUT2D eigenvalue weighted by molar-refractivity contribution is -0.122. The third-order valence-electron chi connectivity index (χ3n) is 2.89. The van der Waals surface area contributed by atoms with Crippen molar-refractivity contribution in [1.82, 2.24) is 5.32 Å². The number of allylic oxidation sites excluding steroid dienone is 3. The van der Waals surface area contributed by atoms with Crippen LogP contribution in [0.25, 0.3) is 0 Å². The van der Waals surface area contributed by atoms with E-state index < -0.39 is 12.1 Å². The second-order valence-electron chi connectivity index (χ2n) is 4.86. The van der Waals surface area contributed by atoms with Crippen molar-refractivity contribution in [3.63, 3.8) is 0 Å². The lowest BCUT2D eigenvalue weighted by atomic mass is 10.1. The van der Waals surface area contributed by atoms with Gasteiger partial charge in [-0.2, -0.15) is 0 Å². The van der Waals surface area contributed by atoms with Crippen LogP contribution in [0, 0.1) is 0 Å². The van der Waals surface area contributed by atoms with Gasteiger partial charge in [-0.15, -0.1) is 0 Å². The van der Waals surface area contributed by atoms with Crippen LogP contribution in [0.15, 0.2) is 24.3 Å². The van der Waals surface area contributed by atoms with Crippen LogP contribution < -0.4 is 5.32 Å². The summed E-state index contributed by atoms with van der Waals surface area (Å²) in [4.78, 5) is 11.4. The van der Waals surface area contributed by atoms with Crippen molar-refractivity contribution < 1.29 is 15.0 Å². The number of carbonyl (C=O) groups is 1. The minimum Gasteiger partial charge on any atom is -0.394 e. The van der Waals surface area contributed by atoms with Gasteiger partial charge in [-0.1, -0.05) is 44.6 Å². The third-order valence-corrected chi connectivity index (χ3v) is 2.89. The number of aliphatic hydroxyl groups is 2. The van der Waals surface area contributed by atoms with Crippen LogP contribution >= 0.6 is 0 Å². The molecule has 2 unspecified atom stereocenters. The van der Waals surface area contributed by atoms with Crippen molar-refractivity contribution in [2.45, 2.75) is 64.5 Å². The SMILES string of the molecule is CCC/C=C/CC/C=C/C(O)C(CO)NC(=O)CCC. The summed E-state index contributed by atoms with van der Waals surface area (Å²) >= 11 is 0. The van der Waals surface area contributed by atoms with E-state index in [2.05, 4.69) is 24.4 Å². The number of aliphatic hydroxyl groups excluding tert-OH is 2. The van der Waals surface area contributed by atoms with Crippen LogP contribution in [0.5, 0.6) is 0 Å². The number of amides is 1. The van der Waals surface area contributed by atoms with Gasteiger partial charge in [-0.3, -0.25) is 4.79 Å². The minimum atomic E-state index is -0.847. The van der Waals surface area contributed by atoms with Gasteiger partial charge in [0.25, 0.3) is 0 Å². The zero-order valence-corrected chi connectivity index (χ0v) is 12.7. The molecule has 0 saturated heterocycles. The fraction of sp³-hybridized carbons (Fsp3) is 0.688. The Kier molecular flexibility index (Phi) is 12.2. The molecule has 0 rings (SSSR count). The van der Waals surface area contributed by atoms with Gasteiger partial charge in [0.2, 0.25) is 5.91 Å². The Labute approximate surface area is 122 Å². The van der Waals surface area contributed by atoms with E-state index in [1.807, 2.05) is 13.0 Å². The second-order valence-corrected chi connectivity index (χ2v) is 4.86. The summed E-state index contributed by atoms with van der Waals surface area (Å²) in [5.74, 6) is -0.138. The lowest BCUT2D eigenvalue weighted by Gasteiger charge is -2.19. The van der Waals surface area contributed by atoms with Crippen molar-refractivity contribution in [2.75, 3.05) is 6.61 Å². The predicted molar refractivity (Wildman–Crippen MR) is 82.4 cm³/mol. The molecule has 0 spiro atoms. The summed E-state index contributed by atoms with van der Waals surface area (Å²) in [5, 5.41) is 21.7. The molecule has 0 bridgehead atoms. The number of unbranched alkanes of at least 4 members (excludes halogenated alkanes) is 2. The molecule has 0 aromatic carbocycles. The molecule has 3 N–H and O–H groups in total. The number of hydrogen-bond acceptors (Lipinski definition) is 3. The molecule has 0 heterocycles. The van der Waals surface area contributed by atoms with Gasteiger partial charge in [-0.25, -0.2) is 0 Å². The largest absolute Gasteiger partial charge is 0.394 e. The maximum Gasteiger partial charge on any atom is 0.220 e. The van der Waals surface area contributed by atoms with Gasteiger partial charge in [0.15, 0.2) is 0 Å². The normalized spacial score (nSPS) is 14.8. The van der Waals surface area contributed by atoms with E-state index in [9.17, 15) is 15.0 Å². The quantitative estimate of drug-likeness (QED) is 0.402. The van der Waals surface area contributed by atoms with E-state index in [4.69, 9.17) is 0 Å². The van der Waals surface area contributed by atoms with Crippen LogP contribution in [0.3, 0.4) is 0 Å². The molecule has 0 fully saturated rings.